The van der Waals surface area contributed by atoms with Gasteiger partial charge in [-0.3, -0.25) is 9.48 Å². The van der Waals surface area contributed by atoms with Crippen molar-refractivity contribution in [2.24, 2.45) is 0 Å². The van der Waals surface area contributed by atoms with Crippen LogP contribution in [-0.4, -0.2) is 41.9 Å². The minimum atomic E-state index is -0.461. The Kier molecular flexibility index (Phi) is 3.60. The highest BCUT2D eigenvalue weighted by atomic mass is 16.2. The normalized spacial score (nSPS) is 15.1. The zero-order valence-electron chi connectivity index (χ0n) is 13.4. The second-order valence-corrected chi connectivity index (χ2v) is 5.87. The molecule has 0 aliphatic carbocycles. The highest BCUT2D eigenvalue weighted by Crippen LogP contribution is 2.23. The Morgan fingerprint density at radius 1 is 1.12 bits per heavy atom. The quantitative estimate of drug-likeness (QED) is 0.731. The molecule has 3 heterocycles. The lowest BCUT2D eigenvalue weighted by atomic mass is 10.1. The molecule has 1 aromatic carbocycles. The number of benzene rings is 1. The molecule has 0 bridgehead atoms. The minimum absolute atomic E-state index is 0.0248. The molecule has 1 amide bonds. The van der Waals surface area contributed by atoms with E-state index in [0.717, 1.165) is 23.8 Å². The van der Waals surface area contributed by atoms with Crippen molar-refractivity contribution in [2.75, 3.05) is 6.54 Å². The van der Waals surface area contributed by atoms with Crippen LogP contribution in [0.5, 0.6) is 0 Å². The summed E-state index contributed by atoms with van der Waals surface area (Å²) in [6.45, 7) is 3.78. The summed E-state index contributed by atoms with van der Waals surface area (Å²) in [5.74, 6) is 1.75. The highest BCUT2D eigenvalue weighted by molar-refractivity contribution is 5.83. The lowest BCUT2D eigenvalue weighted by Crippen LogP contribution is -2.43. The zero-order chi connectivity index (χ0) is 16.5. The number of aryl methyl sites for hydroxylation is 1. The van der Waals surface area contributed by atoms with E-state index in [9.17, 15) is 4.79 Å². The van der Waals surface area contributed by atoms with Crippen molar-refractivity contribution in [1.82, 2.24) is 29.4 Å². The Hall–Kier alpha value is -2.96. The molecular weight excluding hydrogens is 304 g/mol. The van der Waals surface area contributed by atoms with Crippen LogP contribution in [0.25, 0.3) is 0 Å². The van der Waals surface area contributed by atoms with Gasteiger partial charge in [-0.15, -0.1) is 10.2 Å². The van der Waals surface area contributed by atoms with E-state index in [1.54, 1.807) is 10.9 Å². The molecule has 1 aliphatic heterocycles. The first-order chi connectivity index (χ1) is 11.7. The Morgan fingerprint density at radius 2 is 1.96 bits per heavy atom. The topological polar surface area (TPSA) is 68.8 Å². The van der Waals surface area contributed by atoms with E-state index in [2.05, 4.69) is 19.9 Å². The van der Waals surface area contributed by atoms with Crippen LogP contribution in [0.15, 0.2) is 48.8 Å². The van der Waals surface area contributed by atoms with E-state index in [1.165, 1.54) is 0 Å². The summed E-state index contributed by atoms with van der Waals surface area (Å²) in [6, 6.07) is 11.1. The van der Waals surface area contributed by atoms with Gasteiger partial charge in [0.1, 0.15) is 5.82 Å². The van der Waals surface area contributed by atoms with Crippen LogP contribution >= 0.6 is 0 Å². The summed E-state index contributed by atoms with van der Waals surface area (Å²) in [5.41, 5.74) is 0.925. The van der Waals surface area contributed by atoms with E-state index in [1.807, 2.05) is 54.4 Å². The fraction of sp³-hybridized carbons (Fsp3) is 0.294. The number of hydrogen-bond donors (Lipinski definition) is 0. The maximum atomic E-state index is 13.2. The molecule has 3 aromatic rings. The number of amides is 1. The molecule has 1 aliphatic rings. The van der Waals surface area contributed by atoms with Crippen LogP contribution in [0.2, 0.25) is 0 Å². The van der Waals surface area contributed by atoms with Gasteiger partial charge in [0.05, 0.1) is 6.54 Å². The summed E-state index contributed by atoms with van der Waals surface area (Å²) in [6.07, 6.45) is 3.52. The third-order valence-electron chi connectivity index (χ3n) is 4.39. The van der Waals surface area contributed by atoms with E-state index in [4.69, 9.17) is 0 Å². The van der Waals surface area contributed by atoms with Crippen LogP contribution in [-0.2, 0) is 17.9 Å². The van der Waals surface area contributed by atoms with Crippen molar-refractivity contribution in [1.29, 1.82) is 0 Å². The van der Waals surface area contributed by atoms with E-state index in [0.29, 0.717) is 13.1 Å². The Morgan fingerprint density at radius 3 is 2.71 bits per heavy atom. The number of nitrogens with zero attached hydrogens (tertiary/aromatic N) is 6. The summed E-state index contributed by atoms with van der Waals surface area (Å²) in [4.78, 5) is 15.1. The van der Waals surface area contributed by atoms with Gasteiger partial charge >= 0.3 is 0 Å². The van der Waals surface area contributed by atoms with Gasteiger partial charge in [-0.2, -0.15) is 5.10 Å². The lowest BCUT2D eigenvalue weighted by molar-refractivity contribution is -0.135. The van der Waals surface area contributed by atoms with E-state index in [-0.39, 0.29) is 5.91 Å². The second-order valence-electron chi connectivity index (χ2n) is 5.87. The first-order valence-electron chi connectivity index (χ1n) is 7.95. The van der Waals surface area contributed by atoms with Gasteiger partial charge in [-0.25, -0.2) is 0 Å². The monoisotopic (exact) mass is 322 g/mol. The smallest absolute Gasteiger partial charge is 0.252 e. The van der Waals surface area contributed by atoms with Gasteiger partial charge < -0.3 is 9.47 Å². The molecule has 0 radical (unpaired) electrons. The predicted molar refractivity (Wildman–Crippen MR) is 87.0 cm³/mol. The van der Waals surface area contributed by atoms with Gasteiger partial charge in [-0.1, -0.05) is 30.3 Å². The highest BCUT2D eigenvalue weighted by Gasteiger charge is 2.31. The molecule has 0 fully saturated rings. The molecule has 0 spiro atoms. The van der Waals surface area contributed by atoms with Crippen molar-refractivity contribution in [3.05, 3.63) is 66.0 Å². The molecule has 2 aromatic heterocycles. The van der Waals surface area contributed by atoms with Crippen LogP contribution in [0.3, 0.4) is 0 Å². The Labute approximate surface area is 139 Å². The molecule has 1 atom stereocenters. The molecule has 0 N–H and O–H groups in total. The number of carbonyl (C=O) groups excluding carboxylic acids is 1. The number of fused-ring (bicyclic) bond motifs is 1. The third-order valence-corrected chi connectivity index (χ3v) is 4.39. The average molecular weight is 322 g/mol. The predicted octanol–water partition coefficient (Wildman–Crippen LogP) is 1.41. The second kappa shape index (κ2) is 5.92. The van der Waals surface area contributed by atoms with Crippen molar-refractivity contribution in [3.8, 4) is 0 Å². The molecule has 0 saturated heterocycles. The zero-order valence-corrected chi connectivity index (χ0v) is 13.4. The summed E-state index contributed by atoms with van der Waals surface area (Å²) >= 11 is 0. The molecule has 7 heteroatoms. The number of aromatic nitrogens is 5. The summed E-state index contributed by atoms with van der Waals surface area (Å²) < 4.78 is 3.78. The Balaban J connectivity index is 1.65. The first kappa shape index (κ1) is 14.6. The average Bonchev–Trinajstić information content (AvgIpc) is 3.26. The van der Waals surface area contributed by atoms with Crippen molar-refractivity contribution >= 4 is 5.91 Å². The lowest BCUT2D eigenvalue weighted by Gasteiger charge is -2.31. The standard InChI is InChI=1S/C17H18N6O/c1-13-19-20-15-12-21(10-11-22(13)15)17(24)16(23-9-5-8-18-23)14-6-3-2-4-7-14/h2-9,16H,10-12H2,1H3/t16-/m0/s1. The molecule has 0 saturated carbocycles. The fourth-order valence-corrected chi connectivity index (χ4v) is 3.14. The number of hydrogen-bond acceptors (Lipinski definition) is 4. The van der Waals surface area contributed by atoms with Gasteiger partial charge in [0, 0.05) is 25.5 Å². The van der Waals surface area contributed by atoms with Crippen LogP contribution in [0.4, 0.5) is 0 Å². The van der Waals surface area contributed by atoms with Gasteiger partial charge in [-0.05, 0) is 18.6 Å². The van der Waals surface area contributed by atoms with Crippen molar-refractivity contribution in [3.63, 3.8) is 0 Å². The molecule has 7 nitrogen and oxygen atoms in total. The van der Waals surface area contributed by atoms with Gasteiger partial charge in [0.15, 0.2) is 11.9 Å². The molecule has 0 unspecified atom stereocenters. The minimum Gasteiger partial charge on any atom is -0.331 e. The maximum absolute atomic E-state index is 13.2. The third kappa shape index (κ3) is 2.47. The number of rotatable bonds is 3. The van der Waals surface area contributed by atoms with Crippen LogP contribution in [0, 0.1) is 6.92 Å². The molecule has 24 heavy (non-hydrogen) atoms. The van der Waals surface area contributed by atoms with Gasteiger partial charge in [0.25, 0.3) is 5.91 Å². The van der Waals surface area contributed by atoms with E-state index >= 15 is 0 Å². The van der Waals surface area contributed by atoms with Crippen molar-refractivity contribution < 1.29 is 4.79 Å². The van der Waals surface area contributed by atoms with Crippen LogP contribution < -0.4 is 0 Å². The summed E-state index contributed by atoms with van der Waals surface area (Å²) in [5, 5.41) is 12.6. The fourth-order valence-electron chi connectivity index (χ4n) is 3.14. The van der Waals surface area contributed by atoms with Crippen LogP contribution in [0.1, 0.15) is 23.3 Å². The summed E-state index contributed by atoms with van der Waals surface area (Å²) in [7, 11) is 0. The molecular formula is C17H18N6O. The SMILES string of the molecule is Cc1nnc2n1CCN(C(=O)[C@H](c1ccccc1)n1cccn1)C2. The molecule has 122 valence electrons. The maximum Gasteiger partial charge on any atom is 0.252 e. The molecule has 4 rings (SSSR count). The van der Waals surface area contributed by atoms with Gasteiger partial charge in [0.2, 0.25) is 0 Å². The van der Waals surface area contributed by atoms with Crippen molar-refractivity contribution in [2.45, 2.75) is 26.1 Å². The Bertz CT molecular complexity index is 839. The number of carbonyl (C=O) groups is 1. The largest absolute Gasteiger partial charge is 0.331 e. The van der Waals surface area contributed by atoms with E-state index < -0.39 is 6.04 Å². The first-order valence-corrected chi connectivity index (χ1v) is 7.95.